The van der Waals surface area contributed by atoms with E-state index < -0.39 is 0 Å². The molecule has 1 aromatic carbocycles. The summed E-state index contributed by atoms with van der Waals surface area (Å²) < 4.78 is 10.6. The van der Waals surface area contributed by atoms with E-state index in [4.69, 9.17) is 9.47 Å². The molecular weight excluding hydrogens is 242 g/mol. The van der Waals surface area contributed by atoms with Gasteiger partial charge in [-0.1, -0.05) is 18.2 Å². The predicted molar refractivity (Wildman–Crippen MR) is 66.7 cm³/mol. The van der Waals surface area contributed by atoms with Gasteiger partial charge in [0.2, 0.25) is 0 Å². The fourth-order valence-corrected chi connectivity index (χ4v) is 1.68. The second kappa shape index (κ2) is 5.77. The SMILES string of the molecule is CC(C)Oc1ccccc1[C@@H]1COC(=O)N1.Cl. The Hall–Kier alpha value is -1.42. The molecule has 1 aliphatic heterocycles. The molecule has 1 N–H and O–H groups in total. The first-order valence-corrected chi connectivity index (χ1v) is 5.35. The Morgan fingerprint density at radius 1 is 1.41 bits per heavy atom. The van der Waals surface area contributed by atoms with E-state index in [2.05, 4.69) is 5.32 Å². The summed E-state index contributed by atoms with van der Waals surface area (Å²) in [7, 11) is 0. The summed E-state index contributed by atoms with van der Waals surface area (Å²) in [6.45, 7) is 4.30. The van der Waals surface area contributed by atoms with Crippen molar-refractivity contribution in [3.8, 4) is 5.75 Å². The zero-order valence-corrected chi connectivity index (χ0v) is 10.6. The fourth-order valence-electron chi connectivity index (χ4n) is 1.68. The van der Waals surface area contributed by atoms with Crippen molar-refractivity contribution in [3.63, 3.8) is 0 Å². The smallest absolute Gasteiger partial charge is 0.407 e. The van der Waals surface area contributed by atoms with Gasteiger partial charge in [0.15, 0.2) is 0 Å². The summed E-state index contributed by atoms with van der Waals surface area (Å²) in [6, 6.07) is 7.57. The van der Waals surface area contributed by atoms with Gasteiger partial charge in [0.25, 0.3) is 0 Å². The highest BCUT2D eigenvalue weighted by molar-refractivity contribution is 5.85. The van der Waals surface area contributed by atoms with Crippen LogP contribution in [0.2, 0.25) is 0 Å². The Morgan fingerprint density at radius 2 is 2.12 bits per heavy atom. The lowest BCUT2D eigenvalue weighted by Gasteiger charge is -2.16. The summed E-state index contributed by atoms with van der Waals surface area (Å²) in [6.07, 6.45) is -0.261. The van der Waals surface area contributed by atoms with Crippen LogP contribution in [0.3, 0.4) is 0 Å². The van der Waals surface area contributed by atoms with Crippen molar-refractivity contribution in [1.82, 2.24) is 5.32 Å². The van der Waals surface area contributed by atoms with Crippen LogP contribution in [0.5, 0.6) is 5.75 Å². The van der Waals surface area contributed by atoms with Crippen LogP contribution in [0.1, 0.15) is 25.5 Å². The van der Waals surface area contributed by atoms with Crippen molar-refractivity contribution in [2.75, 3.05) is 6.61 Å². The van der Waals surface area contributed by atoms with Crippen LogP contribution in [0.25, 0.3) is 0 Å². The molecule has 94 valence electrons. The van der Waals surface area contributed by atoms with Crippen molar-refractivity contribution < 1.29 is 14.3 Å². The number of benzene rings is 1. The highest BCUT2D eigenvalue weighted by atomic mass is 35.5. The molecule has 1 saturated heterocycles. The standard InChI is InChI=1S/C12H15NO3.ClH/c1-8(2)16-11-6-4-3-5-9(11)10-7-15-12(14)13-10;/h3-6,8,10H,7H2,1-2H3,(H,13,14);1H/t10-;/m0./s1. The number of cyclic esters (lactones) is 1. The Bertz CT molecular complexity index is 395. The molecule has 0 aromatic heterocycles. The Kier molecular flexibility index (Phi) is 4.63. The average Bonchev–Trinajstić information content (AvgIpc) is 2.65. The largest absolute Gasteiger partial charge is 0.491 e. The third kappa shape index (κ3) is 3.27. The molecule has 1 heterocycles. The second-order valence-electron chi connectivity index (χ2n) is 4.00. The van der Waals surface area contributed by atoms with Crippen LogP contribution in [0, 0.1) is 0 Å². The molecule has 0 bridgehead atoms. The second-order valence-corrected chi connectivity index (χ2v) is 4.00. The van der Waals surface area contributed by atoms with Gasteiger partial charge in [0, 0.05) is 5.56 Å². The Morgan fingerprint density at radius 3 is 2.71 bits per heavy atom. The fraction of sp³-hybridized carbons (Fsp3) is 0.417. The van der Waals surface area contributed by atoms with Gasteiger partial charge in [-0.05, 0) is 19.9 Å². The zero-order valence-electron chi connectivity index (χ0n) is 9.80. The molecule has 0 unspecified atom stereocenters. The molecule has 2 rings (SSSR count). The van der Waals surface area contributed by atoms with E-state index in [0.29, 0.717) is 6.61 Å². The maximum atomic E-state index is 11.0. The normalized spacial score (nSPS) is 18.3. The molecule has 0 spiro atoms. The third-order valence-electron chi connectivity index (χ3n) is 2.33. The number of hydrogen-bond acceptors (Lipinski definition) is 3. The summed E-state index contributed by atoms with van der Waals surface area (Å²) in [4.78, 5) is 11.0. The number of para-hydroxylation sites is 1. The molecule has 0 aliphatic carbocycles. The number of amides is 1. The van der Waals surface area contributed by atoms with E-state index in [1.54, 1.807) is 0 Å². The van der Waals surface area contributed by atoms with E-state index in [9.17, 15) is 4.79 Å². The predicted octanol–water partition coefficient (Wildman–Crippen LogP) is 2.68. The molecule has 0 saturated carbocycles. The lowest BCUT2D eigenvalue weighted by atomic mass is 10.1. The number of halogens is 1. The molecule has 5 heteroatoms. The quantitative estimate of drug-likeness (QED) is 0.906. The number of rotatable bonds is 3. The van der Waals surface area contributed by atoms with Gasteiger partial charge in [0.1, 0.15) is 12.4 Å². The Balaban J connectivity index is 0.00000144. The third-order valence-corrected chi connectivity index (χ3v) is 2.33. The summed E-state index contributed by atoms with van der Waals surface area (Å²) >= 11 is 0. The van der Waals surface area contributed by atoms with Gasteiger partial charge >= 0.3 is 6.09 Å². The summed E-state index contributed by atoms with van der Waals surface area (Å²) in [5.74, 6) is 0.799. The maximum Gasteiger partial charge on any atom is 0.407 e. The van der Waals surface area contributed by atoms with Crippen molar-refractivity contribution >= 4 is 18.5 Å². The molecule has 1 aromatic rings. The minimum atomic E-state index is -0.371. The number of carbonyl (C=O) groups is 1. The van der Waals surface area contributed by atoms with Crippen LogP contribution in [-0.4, -0.2) is 18.8 Å². The minimum Gasteiger partial charge on any atom is -0.491 e. The molecule has 17 heavy (non-hydrogen) atoms. The van der Waals surface area contributed by atoms with E-state index >= 15 is 0 Å². The number of ether oxygens (including phenoxy) is 2. The van der Waals surface area contributed by atoms with E-state index in [1.165, 1.54) is 0 Å². The zero-order chi connectivity index (χ0) is 11.5. The maximum absolute atomic E-state index is 11.0. The van der Waals surface area contributed by atoms with Crippen LogP contribution < -0.4 is 10.1 Å². The number of carbonyl (C=O) groups excluding carboxylic acids is 1. The van der Waals surface area contributed by atoms with E-state index in [1.807, 2.05) is 38.1 Å². The van der Waals surface area contributed by atoms with Crippen LogP contribution in [0.15, 0.2) is 24.3 Å². The molecule has 0 radical (unpaired) electrons. The van der Waals surface area contributed by atoms with Crippen LogP contribution in [0.4, 0.5) is 4.79 Å². The number of hydrogen-bond donors (Lipinski definition) is 1. The topological polar surface area (TPSA) is 47.6 Å². The van der Waals surface area contributed by atoms with Crippen molar-refractivity contribution in [2.24, 2.45) is 0 Å². The molecule has 1 aliphatic rings. The average molecular weight is 258 g/mol. The van der Waals surface area contributed by atoms with Gasteiger partial charge in [-0.3, -0.25) is 0 Å². The van der Waals surface area contributed by atoms with Gasteiger partial charge in [-0.2, -0.15) is 0 Å². The van der Waals surface area contributed by atoms with E-state index in [-0.39, 0.29) is 30.6 Å². The molecule has 1 atom stereocenters. The Labute approximate surface area is 107 Å². The van der Waals surface area contributed by atoms with Crippen molar-refractivity contribution in [2.45, 2.75) is 26.0 Å². The van der Waals surface area contributed by atoms with Crippen molar-refractivity contribution in [1.29, 1.82) is 0 Å². The molecule has 4 nitrogen and oxygen atoms in total. The number of alkyl carbamates (subject to hydrolysis) is 1. The monoisotopic (exact) mass is 257 g/mol. The lowest BCUT2D eigenvalue weighted by molar-refractivity contribution is 0.176. The molecule has 1 amide bonds. The summed E-state index contributed by atoms with van der Waals surface area (Å²) in [5.41, 5.74) is 0.960. The first kappa shape index (κ1) is 13.6. The molecular formula is C12H16ClNO3. The highest BCUT2D eigenvalue weighted by Gasteiger charge is 2.26. The first-order valence-electron chi connectivity index (χ1n) is 5.35. The summed E-state index contributed by atoms with van der Waals surface area (Å²) in [5, 5.41) is 2.74. The van der Waals surface area contributed by atoms with Gasteiger partial charge in [0.05, 0.1) is 12.1 Å². The lowest BCUT2D eigenvalue weighted by Crippen LogP contribution is -2.19. The number of nitrogens with one attached hydrogen (secondary N) is 1. The minimum absolute atomic E-state index is 0. The van der Waals surface area contributed by atoms with Crippen LogP contribution >= 0.6 is 12.4 Å². The van der Waals surface area contributed by atoms with Crippen molar-refractivity contribution in [3.05, 3.63) is 29.8 Å². The van der Waals surface area contributed by atoms with Gasteiger partial charge in [-0.15, -0.1) is 12.4 Å². The van der Waals surface area contributed by atoms with Gasteiger partial charge in [-0.25, -0.2) is 4.79 Å². The molecule has 1 fully saturated rings. The highest BCUT2D eigenvalue weighted by Crippen LogP contribution is 2.28. The van der Waals surface area contributed by atoms with Crippen LogP contribution in [-0.2, 0) is 4.74 Å². The van der Waals surface area contributed by atoms with E-state index in [0.717, 1.165) is 11.3 Å². The van der Waals surface area contributed by atoms with Gasteiger partial charge < -0.3 is 14.8 Å². The first-order chi connectivity index (χ1) is 7.66.